The number of halogens is 11. The van der Waals surface area contributed by atoms with E-state index in [0.29, 0.717) is 15.6 Å². The second-order valence-electron chi connectivity index (χ2n) is 8.77. The highest BCUT2D eigenvalue weighted by atomic mass is 35.5. The van der Waals surface area contributed by atoms with Gasteiger partial charge in [-0.2, -0.15) is 26.3 Å². The van der Waals surface area contributed by atoms with Gasteiger partial charge in [-0.15, -0.1) is 23.2 Å². The van der Waals surface area contributed by atoms with E-state index in [-0.39, 0.29) is 34.6 Å². The molecule has 2 atom stereocenters. The van der Waals surface area contributed by atoms with E-state index in [9.17, 15) is 35.9 Å². The zero-order valence-corrected chi connectivity index (χ0v) is 23.1. The lowest BCUT2D eigenvalue weighted by Crippen LogP contribution is -2.18. The minimum absolute atomic E-state index is 0.0728. The molecule has 1 saturated carbocycles. The number of benzene rings is 3. The van der Waals surface area contributed by atoms with Crippen LogP contribution in [0.15, 0.2) is 54.6 Å². The van der Waals surface area contributed by atoms with Crippen molar-refractivity contribution in [2.24, 2.45) is 5.92 Å². The van der Waals surface area contributed by atoms with Crippen molar-refractivity contribution in [2.45, 2.75) is 22.6 Å². The highest BCUT2D eigenvalue weighted by molar-refractivity contribution is 6.53. The van der Waals surface area contributed by atoms with Gasteiger partial charge in [0.1, 0.15) is 4.33 Å². The third-order valence-corrected chi connectivity index (χ3v) is 7.62. The molecular formula is C25H13Cl5F6N2O2. The second kappa shape index (κ2) is 10.8. The Hall–Kier alpha value is -2.37. The monoisotopic (exact) mass is 662 g/mol. The van der Waals surface area contributed by atoms with Crippen molar-refractivity contribution in [3.8, 4) is 0 Å². The molecule has 212 valence electrons. The topological polar surface area (TPSA) is 58.2 Å². The first-order valence-corrected chi connectivity index (χ1v) is 12.8. The molecule has 0 radical (unpaired) electrons. The minimum atomic E-state index is -5.14. The van der Waals surface area contributed by atoms with Crippen molar-refractivity contribution in [2.75, 3.05) is 10.6 Å². The highest BCUT2D eigenvalue weighted by Gasteiger charge is 2.67. The van der Waals surface area contributed by atoms with E-state index in [0.717, 1.165) is 6.07 Å². The molecular weight excluding hydrogens is 652 g/mol. The Bertz CT molecular complexity index is 1460. The number of amides is 2. The molecule has 40 heavy (non-hydrogen) atoms. The molecule has 3 aromatic carbocycles. The van der Waals surface area contributed by atoms with Gasteiger partial charge >= 0.3 is 12.4 Å². The van der Waals surface area contributed by atoms with Crippen LogP contribution in [-0.4, -0.2) is 16.1 Å². The third-order valence-electron chi connectivity index (χ3n) is 5.91. The van der Waals surface area contributed by atoms with E-state index < -0.39 is 57.0 Å². The first-order valence-electron chi connectivity index (χ1n) is 10.9. The lowest BCUT2D eigenvalue weighted by Gasteiger charge is -2.15. The predicted octanol–water partition coefficient (Wildman–Crippen LogP) is 9.46. The van der Waals surface area contributed by atoms with Gasteiger partial charge in [-0.1, -0.05) is 34.8 Å². The first-order chi connectivity index (χ1) is 18.4. The zero-order chi connectivity index (χ0) is 29.8. The van der Waals surface area contributed by atoms with Gasteiger partial charge in [-0.25, -0.2) is 0 Å². The van der Waals surface area contributed by atoms with Crippen molar-refractivity contribution < 1.29 is 35.9 Å². The van der Waals surface area contributed by atoms with Gasteiger partial charge in [0.05, 0.1) is 27.8 Å². The smallest absolute Gasteiger partial charge is 0.326 e. The van der Waals surface area contributed by atoms with Crippen molar-refractivity contribution in [3.63, 3.8) is 0 Å². The maximum Gasteiger partial charge on any atom is 0.416 e. The summed E-state index contributed by atoms with van der Waals surface area (Å²) in [5, 5.41) is 5.21. The van der Waals surface area contributed by atoms with E-state index in [2.05, 4.69) is 10.6 Å². The second-order valence-corrected chi connectivity index (χ2v) is 11.5. The standard InChI is InChI=1S/C25H13Cl5F6N2O2/c26-14-5-10(6-15(27)8-14)19-20(23(19,29)30)22(40)37-16-1-2-17(28)18(9-16)38-21(39)11-3-12(24(31,32)33)7-13(4-11)25(34,35)36/h1-9,19-20H,(H,37,40)(H,38,39). The summed E-state index contributed by atoms with van der Waals surface area (Å²) in [6, 6.07) is 8.80. The number of hydrogen-bond acceptors (Lipinski definition) is 2. The average Bonchev–Trinajstić information content (AvgIpc) is 3.41. The van der Waals surface area contributed by atoms with Crippen LogP contribution in [-0.2, 0) is 17.1 Å². The van der Waals surface area contributed by atoms with Gasteiger partial charge in [0, 0.05) is 27.2 Å². The number of carbonyl (C=O) groups excluding carboxylic acids is 2. The molecule has 4 rings (SSSR count). The van der Waals surface area contributed by atoms with Crippen LogP contribution in [0.3, 0.4) is 0 Å². The lowest BCUT2D eigenvalue weighted by molar-refractivity contribution is -0.143. The Morgan fingerprint density at radius 2 is 1.30 bits per heavy atom. The molecule has 0 aromatic heterocycles. The Morgan fingerprint density at radius 1 is 0.750 bits per heavy atom. The Balaban J connectivity index is 1.55. The first kappa shape index (κ1) is 30.6. The van der Waals surface area contributed by atoms with Crippen LogP contribution in [0.1, 0.15) is 33.0 Å². The fourth-order valence-corrected chi connectivity index (χ4v) is 5.56. The van der Waals surface area contributed by atoms with E-state index in [1.807, 2.05) is 0 Å². The molecule has 4 nitrogen and oxygen atoms in total. The molecule has 0 bridgehead atoms. The summed E-state index contributed by atoms with van der Waals surface area (Å²) in [5.74, 6) is -3.53. The van der Waals surface area contributed by atoms with E-state index in [1.54, 1.807) is 12.1 Å². The predicted molar refractivity (Wildman–Crippen MR) is 142 cm³/mol. The zero-order valence-electron chi connectivity index (χ0n) is 19.3. The molecule has 3 aromatic rings. The SMILES string of the molecule is O=C(Nc1cc(NC(=O)C2C(c3cc(Cl)cc(Cl)c3)C2(Cl)Cl)ccc1Cl)c1cc(C(F)(F)F)cc(C(F)(F)F)c1. The molecule has 0 spiro atoms. The lowest BCUT2D eigenvalue weighted by atomic mass is 10.0. The van der Waals surface area contributed by atoms with Crippen LogP contribution in [0, 0.1) is 5.92 Å². The summed E-state index contributed by atoms with van der Waals surface area (Å²) in [4.78, 5) is 25.6. The van der Waals surface area contributed by atoms with Crippen molar-refractivity contribution in [3.05, 3.63) is 91.9 Å². The van der Waals surface area contributed by atoms with Crippen LogP contribution in [0.2, 0.25) is 15.1 Å². The summed E-state index contributed by atoms with van der Waals surface area (Å²) >= 11 is 30.8. The van der Waals surface area contributed by atoms with Crippen LogP contribution in [0.25, 0.3) is 0 Å². The number of anilines is 2. The maximum atomic E-state index is 13.2. The van der Waals surface area contributed by atoms with Crippen LogP contribution < -0.4 is 10.6 Å². The summed E-state index contributed by atoms with van der Waals surface area (Å²) in [6.45, 7) is 0. The molecule has 1 aliphatic carbocycles. The van der Waals surface area contributed by atoms with Gasteiger partial charge in [0.2, 0.25) is 5.91 Å². The summed E-state index contributed by atoms with van der Waals surface area (Å²) < 4.78 is 77.5. The Morgan fingerprint density at radius 3 is 1.82 bits per heavy atom. The van der Waals surface area contributed by atoms with Gasteiger partial charge in [-0.05, 0) is 60.2 Å². The van der Waals surface area contributed by atoms with Crippen molar-refractivity contribution >= 4 is 81.2 Å². The Kier molecular flexibility index (Phi) is 8.26. The largest absolute Gasteiger partial charge is 0.416 e. The average molecular weight is 665 g/mol. The fourth-order valence-electron chi connectivity index (χ4n) is 4.02. The van der Waals surface area contributed by atoms with Crippen molar-refractivity contribution in [1.29, 1.82) is 0 Å². The van der Waals surface area contributed by atoms with Crippen LogP contribution in [0.5, 0.6) is 0 Å². The number of rotatable bonds is 5. The molecule has 2 N–H and O–H groups in total. The minimum Gasteiger partial charge on any atom is -0.326 e. The van der Waals surface area contributed by atoms with Crippen LogP contribution >= 0.6 is 58.0 Å². The number of hydrogen-bond donors (Lipinski definition) is 2. The van der Waals surface area contributed by atoms with Gasteiger partial charge in [0.25, 0.3) is 5.91 Å². The number of carbonyl (C=O) groups is 2. The van der Waals surface area contributed by atoms with E-state index in [4.69, 9.17) is 58.0 Å². The molecule has 2 amide bonds. The van der Waals surface area contributed by atoms with Crippen LogP contribution in [0.4, 0.5) is 37.7 Å². The normalized spacial score (nSPS) is 18.3. The molecule has 0 saturated heterocycles. The molecule has 15 heteroatoms. The van der Waals surface area contributed by atoms with E-state index in [1.165, 1.54) is 18.2 Å². The number of alkyl halides is 8. The summed E-state index contributed by atoms with van der Waals surface area (Å²) in [7, 11) is 0. The molecule has 1 aliphatic rings. The molecule has 2 unspecified atom stereocenters. The third kappa shape index (κ3) is 6.57. The fraction of sp³-hybridized carbons (Fsp3) is 0.200. The summed E-state index contributed by atoms with van der Waals surface area (Å²) in [5.41, 5.74) is -3.85. The number of nitrogens with one attached hydrogen (secondary N) is 2. The molecule has 1 fully saturated rings. The van der Waals surface area contributed by atoms with E-state index >= 15 is 0 Å². The van der Waals surface area contributed by atoms with Gasteiger partial charge in [0.15, 0.2) is 0 Å². The highest BCUT2D eigenvalue weighted by Crippen LogP contribution is 2.65. The molecule has 0 aliphatic heterocycles. The molecule has 0 heterocycles. The summed E-state index contributed by atoms with van der Waals surface area (Å²) in [6.07, 6.45) is -10.3. The van der Waals surface area contributed by atoms with Crippen molar-refractivity contribution in [1.82, 2.24) is 0 Å². The Labute approximate surface area is 247 Å². The quantitative estimate of drug-likeness (QED) is 0.211. The van der Waals surface area contributed by atoms with Gasteiger partial charge in [-0.3, -0.25) is 9.59 Å². The van der Waals surface area contributed by atoms with Gasteiger partial charge < -0.3 is 10.6 Å². The maximum absolute atomic E-state index is 13.2.